The van der Waals surface area contributed by atoms with Gasteiger partial charge in [-0.25, -0.2) is 0 Å². The molecule has 0 bridgehead atoms. The van der Waals surface area contributed by atoms with Crippen molar-refractivity contribution in [1.29, 1.82) is 0 Å². The summed E-state index contributed by atoms with van der Waals surface area (Å²) in [5, 5.41) is 5.81. The first-order valence-electron chi connectivity index (χ1n) is 7.99. The van der Waals surface area contributed by atoms with Crippen molar-refractivity contribution in [2.75, 3.05) is 6.61 Å². The monoisotopic (exact) mass is 424 g/mol. The van der Waals surface area contributed by atoms with Crippen LogP contribution in [-0.2, 0) is 6.54 Å². The molecule has 0 aliphatic carbocycles. The first-order valence-corrected chi connectivity index (χ1v) is 9.19. The topological polar surface area (TPSA) is 63.5 Å². The molecule has 0 atom stereocenters. The Morgan fingerprint density at radius 2 is 2.16 bits per heavy atom. The quantitative estimate of drug-likeness (QED) is 0.649. The molecule has 134 valence electrons. The Hall–Kier alpha value is -1.86. The second-order valence-electron chi connectivity index (χ2n) is 5.89. The van der Waals surface area contributed by atoms with E-state index >= 15 is 0 Å². The number of hydrogen-bond acceptors (Lipinski definition) is 4. The van der Waals surface area contributed by atoms with Gasteiger partial charge in [0.2, 0.25) is 0 Å². The van der Waals surface area contributed by atoms with E-state index in [2.05, 4.69) is 40.4 Å². The molecule has 2 N–H and O–H groups in total. The van der Waals surface area contributed by atoms with Gasteiger partial charge in [-0.3, -0.25) is 10.1 Å². The highest BCUT2D eigenvalue weighted by Gasteiger charge is 2.11. The van der Waals surface area contributed by atoms with Crippen molar-refractivity contribution in [3.63, 3.8) is 0 Å². The Balaban J connectivity index is 1.86. The molecule has 5 nitrogen and oxygen atoms in total. The SMILES string of the molecule is CC(C)CCOc1ccc(C(=O)NC(=S)NCc2ccco2)cc1Br. The van der Waals surface area contributed by atoms with Crippen LogP contribution in [0.25, 0.3) is 0 Å². The number of ether oxygens (including phenoxy) is 1. The molecule has 7 heteroatoms. The lowest BCUT2D eigenvalue weighted by atomic mass is 10.1. The highest BCUT2D eigenvalue weighted by molar-refractivity contribution is 9.10. The molecule has 0 radical (unpaired) electrons. The van der Waals surface area contributed by atoms with Gasteiger partial charge in [0.05, 0.1) is 23.9 Å². The second kappa shape index (κ2) is 9.58. The van der Waals surface area contributed by atoms with Gasteiger partial charge in [-0.15, -0.1) is 0 Å². The maximum atomic E-state index is 12.3. The third-order valence-electron chi connectivity index (χ3n) is 3.38. The number of thiocarbonyl (C=S) groups is 1. The molecule has 0 unspecified atom stereocenters. The lowest BCUT2D eigenvalue weighted by Crippen LogP contribution is -2.38. The first kappa shape index (κ1) is 19.5. The van der Waals surface area contributed by atoms with E-state index in [0.717, 1.165) is 22.4 Å². The fourth-order valence-electron chi connectivity index (χ4n) is 1.96. The summed E-state index contributed by atoms with van der Waals surface area (Å²) in [6.45, 7) is 5.35. The summed E-state index contributed by atoms with van der Waals surface area (Å²) < 4.78 is 11.6. The molecule has 0 spiro atoms. The minimum Gasteiger partial charge on any atom is -0.492 e. The van der Waals surface area contributed by atoms with Crippen LogP contribution in [0, 0.1) is 5.92 Å². The number of furan rings is 1. The lowest BCUT2D eigenvalue weighted by molar-refractivity contribution is 0.0976. The van der Waals surface area contributed by atoms with Crippen molar-refractivity contribution in [2.45, 2.75) is 26.8 Å². The molecular weight excluding hydrogens is 404 g/mol. The molecule has 0 saturated heterocycles. The summed E-state index contributed by atoms with van der Waals surface area (Å²) in [6, 6.07) is 8.82. The van der Waals surface area contributed by atoms with Crippen LogP contribution in [0.15, 0.2) is 45.5 Å². The van der Waals surface area contributed by atoms with Gasteiger partial charge in [0.1, 0.15) is 11.5 Å². The van der Waals surface area contributed by atoms with Gasteiger partial charge >= 0.3 is 0 Å². The van der Waals surface area contributed by atoms with Crippen molar-refractivity contribution in [2.24, 2.45) is 5.92 Å². The van der Waals surface area contributed by atoms with Gasteiger partial charge in [-0.2, -0.15) is 0 Å². The fourth-order valence-corrected chi connectivity index (χ4v) is 2.62. The van der Waals surface area contributed by atoms with Crippen LogP contribution >= 0.6 is 28.1 Å². The standard InChI is InChI=1S/C18H21BrN2O3S/c1-12(2)7-9-24-16-6-5-13(10-15(16)19)17(22)21-18(25)20-11-14-4-3-8-23-14/h3-6,8,10,12H,7,9,11H2,1-2H3,(H2,20,21,22,25). The average Bonchev–Trinajstić information content (AvgIpc) is 3.07. The van der Waals surface area contributed by atoms with Gasteiger partial charge < -0.3 is 14.5 Å². The molecule has 1 aromatic carbocycles. The third-order valence-corrected chi connectivity index (χ3v) is 4.24. The van der Waals surface area contributed by atoms with E-state index in [0.29, 0.717) is 24.6 Å². The molecule has 0 saturated carbocycles. The van der Waals surface area contributed by atoms with E-state index in [-0.39, 0.29) is 11.0 Å². The van der Waals surface area contributed by atoms with E-state index in [1.807, 2.05) is 6.07 Å². The molecule has 1 heterocycles. The summed E-state index contributed by atoms with van der Waals surface area (Å²) in [5.74, 6) is 1.75. The normalized spacial score (nSPS) is 10.6. The Kier molecular flexibility index (Phi) is 7.46. The van der Waals surface area contributed by atoms with Crippen LogP contribution in [0.2, 0.25) is 0 Å². The fraction of sp³-hybridized carbons (Fsp3) is 0.333. The van der Waals surface area contributed by atoms with E-state index in [1.54, 1.807) is 30.5 Å². The zero-order valence-electron chi connectivity index (χ0n) is 14.2. The number of hydrogen-bond donors (Lipinski definition) is 2. The van der Waals surface area contributed by atoms with E-state index in [4.69, 9.17) is 21.4 Å². The van der Waals surface area contributed by atoms with E-state index in [9.17, 15) is 4.79 Å². The Morgan fingerprint density at radius 1 is 1.36 bits per heavy atom. The number of nitrogens with one attached hydrogen (secondary N) is 2. The van der Waals surface area contributed by atoms with Crippen LogP contribution < -0.4 is 15.4 Å². The van der Waals surface area contributed by atoms with Gasteiger partial charge in [-0.1, -0.05) is 13.8 Å². The van der Waals surface area contributed by atoms with Crippen molar-refractivity contribution >= 4 is 39.2 Å². The maximum absolute atomic E-state index is 12.3. The third kappa shape index (κ3) is 6.51. The number of rotatable bonds is 7. The number of amides is 1. The van der Waals surface area contributed by atoms with Crippen LogP contribution in [0.3, 0.4) is 0 Å². The van der Waals surface area contributed by atoms with Gasteiger partial charge in [0, 0.05) is 5.56 Å². The Morgan fingerprint density at radius 3 is 2.80 bits per heavy atom. The molecule has 0 aliphatic rings. The van der Waals surface area contributed by atoms with E-state index in [1.165, 1.54) is 0 Å². The zero-order valence-corrected chi connectivity index (χ0v) is 16.6. The van der Waals surface area contributed by atoms with Crippen LogP contribution in [-0.4, -0.2) is 17.6 Å². The average molecular weight is 425 g/mol. The van der Waals surface area contributed by atoms with Crippen molar-refractivity contribution in [3.8, 4) is 5.75 Å². The molecule has 1 aromatic heterocycles. The highest BCUT2D eigenvalue weighted by atomic mass is 79.9. The number of carbonyl (C=O) groups is 1. The molecule has 1 amide bonds. The summed E-state index contributed by atoms with van der Waals surface area (Å²) in [6.07, 6.45) is 2.56. The highest BCUT2D eigenvalue weighted by Crippen LogP contribution is 2.26. The molecular formula is C18H21BrN2O3S. The molecule has 25 heavy (non-hydrogen) atoms. The van der Waals surface area contributed by atoms with Crippen LogP contribution in [0.4, 0.5) is 0 Å². The summed E-state index contributed by atoms with van der Waals surface area (Å²) >= 11 is 8.56. The Labute approximate surface area is 161 Å². The lowest BCUT2D eigenvalue weighted by Gasteiger charge is -2.12. The van der Waals surface area contributed by atoms with Crippen molar-refractivity contribution in [3.05, 3.63) is 52.4 Å². The summed E-state index contributed by atoms with van der Waals surface area (Å²) in [5.41, 5.74) is 0.491. The summed E-state index contributed by atoms with van der Waals surface area (Å²) in [7, 11) is 0. The molecule has 2 aromatic rings. The number of halogens is 1. The Bertz CT molecular complexity index is 717. The van der Waals surface area contributed by atoms with E-state index < -0.39 is 0 Å². The smallest absolute Gasteiger partial charge is 0.257 e. The van der Waals surface area contributed by atoms with Gasteiger partial charge in [0.15, 0.2) is 5.11 Å². The predicted octanol–water partition coefficient (Wildman–Crippen LogP) is 4.27. The van der Waals surface area contributed by atoms with Gasteiger partial charge in [0.25, 0.3) is 5.91 Å². The zero-order chi connectivity index (χ0) is 18.2. The van der Waals surface area contributed by atoms with Gasteiger partial charge in [-0.05, 0) is 70.8 Å². The minimum atomic E-state index is -0.286. The van der Waals surface area contributed by atoms with Crippen molar-refractivity contribution < 1.29 is 13.9 Å². The number of carbonyl (C=O) groups excluding carboxylic acids is 1. The number of benzene rings is 1. The predicted molar refractivity (Wildman–Crippen MR) is 105 cm³/mol. The largest absolute Gasteiger partial charge is 0.492 e. The second-order valence-corrected chi connectivity index (χ2v) is 7.15. The van der Waals surface area contributed by atoms with Crippen LogP contribution in [0.5, 0.6) is 5.75 Å². The molecule has 0 fully saturated rings. The maximum Gasteiger partial charge on any atom is 0.257 e. The summed E-state index contributed by atoms with van der Waals surface area (Å²) in [4.78, 5) is 12.3. The van der Waals surface area contributed by atoms with Crippen molar-refractivity contribution in [1.82, 2.24) is 10.6 Å². The molecule has 0 aliphatic heterocycles. The first-order chi connectivity index (χ1) is 12.0. The van der Waals surface area contributed by atoms with Crippen LogP contribution in [0.1, 0.15) is 36.4 Å². The minimum absolute atomic E-state index is 0.245. The molecule has 2 rings (SSSR count).